The van der Waals surface area contributed by atoms with E-state index in [4.69, 9.17) is 11.5 Å². The van der Waals surface area contributed by atoms with Gasteiger partial charge < -0.3 is 16.8 Å². The zero-order chi connectivity index (χ0) is 15.6. The van der Waals surface area contributed by atoms with Gasteiger partial charge in [-0.25, -0.2) is 4.39 Å². The molecule has 0 bridgehead atoms. The van der Waals surface area contributed by atoms with Crippen LogP contribution >= 0.6 is 0 Å². The minimum absolute atomic E-state index is 0.0357. The lowest BCUT2D eigenvalue weighted by Gasteiger charge is -2.17. The van der Waals surface area contributed by atoms with Crippen LogP contribution in [0.1, 0.15) is 34.5 Å². The second kappa shape index (κ2) is 5.83. The fraction of sp³-hybridized carbons (Fsp3) is 0.188. The molecule has 110 valence electrons. The van der Waals surface area contributed by atoms with Gasteiger partial charge >= 0.3 is 0 Å². The number of rotatable bonds is 4. The summed E-state index contributed by atoms with van der Waals surface area (Å²) >= 11 is 0. The maximum Gasteiger partial charge on any atom is 0.250 e. The third kappa shape index (κ3) is 3.31. The zero-order valence-electron chi connectivity index (χ0n) is 12.0. The van der Waals surface area contributed by atoms with Crippen LogP contribution in [0.4, 0.5) is 15.8 Å². The Kier molecular flexibility index (Phi) is 4.12. The van der Waals surface area contributed by atoms with E-state index in [1.165, 1.54) is 6.07 Å². The van der Waals surface area contributed by atoms with Gasteiger partial charge in [-0.1, -0.05) is 29.8 Å². The molecular formula is C16H18FN3O. The first-order chi connectivity index (χ1) is 9.88. The van der Waals surface area contributed by atoms with E-state index in [-0.39, 0.29) is 23.0 Å². The largest absolute Gasteiger partial charge is 0.398 e. The van der Waals surface area contributed by atoms with Crippen molar-refractivity contribution < 1.29 is 9.18 Å². The average molecular weight is 287 g/mol. The molecular weight excluding hydrogens is 269 g/mol. The van der Waals surface area contributed by atoms with E-state index >= 15 is 0 Å². The number of nitrogen functional groups attached to an aromatic ring is 1. The van der Waals surface area contributed by atoms with Gasteiger partial charge in [0.25, 0.3) is 5.91 Å². The van der Waals surface area contributed by atoms with Crippen molar-refractivity contribution in [1.29, 1.82) is 0 Å². The Balaban J connectivity index is 2.28. The molecule has 1 unspecified atom stereocenters. The van der Waals surface area contributed by atoms with Crippen LogP contribution in [-0.4, -0.2) is 5.91 Å². The van der Waals surface area contributed by atoms with Gasteiger partial charge in [0.05, 0.1) is 11.3 Å². The van der Waals surface area contributed by atoms with E-state index in [2.05, 4.69) is 5.32 Å². The monoisotopic (exact) mass is 287 g/mol. The zero-order valence-corrected chi connectivity index (χ0v) is 12.0. The van der Waals surface area contributed by atoms with E-state index in [0.717, 1.165) is 17.2 Å². The van der Waals surface area contributed by atoms with Gasteiger partial charge in [-0.2, -0.15) is 0 Å². The Labute approximate surface area is 123 Å². The highest BCUT2D eigenvalue weighted by Gasteiger charge is 2.14. The van der Waals surface area contributed by atoms with Crippen molar-refractivity contribution in [3.63, 3.8) is 0 Å². The molecule has 0 fully saturated rings. The molecule has 0 radical (unpaired) electrons. The molecule has 0 spiro atoms. The summed E-state index contributed by atoms with van der Waals surface area (Å²) in [7, 11) is 0. The van der Waals surface area contributed by atoms with Crippen molar-refractivity contribution in [2.45, 2.75) is 19.9 Å². The molecule has 5 N–H and O–H groups in total. The summed E-state index contributed by atoms with van der Waals surface area (Å²) in [6, 6.07) is 10.2. The lowest BCUT2D eigenvalue weighted by Crippen LogP contribution is -2.15. The molecule has 1 amide bonds. The first-order valence-corrected chi connectivity index (χ1v) is 6.60. The SMILES string of the molecule is Cc1ccc(C(C)Nc2cc(C(N)=O)c(N)cc2F)cc1. The number of carbonyl (C=O) groups excluding carboxylic acids is 1. The van der Waals surface area contributed by atoms with Crippen molar-refractivity contribution in [2.24, 2.45) is 5.73 Å². The van der Waals surface area contributed by atoms with Crippen molar-refractivity contribution in [3.8, 4) is 0 Å². The lowest BCUT2D eigenvalue weighted by atomic mass is 10.1. The predicted molar refractivity (Wildman–Crippen MR) is 82.5 cm³/mol. The van der Waals surface area contributed by atoms with Gasteiger partial charge in [-0.05, 0) is 31.5 Å². The summed E-state index contributed by atoms with van der Waals surface area (Å²) in [5.74, 6) is -1.20. The van der Waals surface area contributed by atoms with E-state index in [9.17, 15) is 9.18 Å². The second-order valence-electron chi connectivity index (χ2n) is 5.06. The van der Waals surface area contributed by atoms with Crippen molar-refractivity contribution in [3.05, 3.63) is 58.9 Å². The fourth-order valence-electron chi connectivity index (χ4n) is 2.08. The van der Waals surface area contributed by atoms with Crippen LogP contribution in [0.5, 0.6) is 0 Å². The summed E-state index contributed by atoms with van der Waals surface area (Å²) in [6.45, 7) is 3.91. The molecule has 0 aliphatic rings. The van der Waals surface area contributed by atoms with Gasteiger partial charge in [-0.3, -0.25) is 4.79 Å². The van der Waals surface area contributed by atoms with Gasteiger partial charge in [0.1, 0.15) is 5.82 Å². The van der Waals surface area contributed by atoms with E-state index < -0.39 is 11.7 Å². The lowest BCUT2D eigenvalue weighted by molar-refractivity contribution is 0.100. The highest BCUT2D eigenvalue weighted by molar-refractivity contribution is 5.99. The molecule has 0 saturated carbocycles. The quantitative estimate of drug-likeness (QED) is 0.756. The van der Waals surface area contributed by atoms with Gasteiger partial charge in [0.2, 0.25) is 0 Å². The van der Waals surface area contributed by atoms with Crippen LogP contribution < -0.4 is 16.8 Å². The maximum absolute atomic E-state index is 13.9. The number of halogens is 1. The summed E-state index contributed by atoms with van der Waals surface area (Å²) in [4.78, 5) is 11.3. The summed E-state index contributed by atoms with van der Waals surface area (Å²) in [5, 5.41) is 3.03. The standard InChI is InChI=1S/C16H18FN3O/c1-9-3-5-11(6-4-9)10(2)20-15-7-12(16(19)21)14(18)8-13(15)17/h3-8,10,20H,18H2,1-2H3,(H2,19,21). The molecule has 1 atom stereocenters. The Hall–Kier alpha value is -2.56. The number of anilines is 2. The number of primary amides is 1. The average Bonchev–Trinajstić information content (AvgIpc) is 2.42. The summed E-state index contributed by atoms with van der Waals surface area (Å²) < 4.78 is 13.9. The molecule has 0 saturated heterocycles. The van der Waals surface area contributed by atoms with Crippen molar-refractivity contribution in [1.82, 2.24) is 0 Å². The summed E-state index contributed by atoms with van der Waals surface area (Å²) in [6.07, 6.45) is 0. The van der Waals surface area contributed by atoms with E-state index in [1.54, 1.807) is 0 Å². The van der Waals surface area contributed by atoms with Gasteiger partial charge in [0.15, 0.2) is 0 Å². The molecule has 0 heterocycles. The molecule has 0 aliphatic heterocycles. The van der Waals surface area contributed by atoms with Crippen LogP contribution in [0.15, 0.2) is 36.4 Å². The van der Waals surface area contributed by atoms with Crippen LogP contribution in [0.25, 0.3) is 0 Å². The third-order valence-electron chi connectivity index (χ3n) is 3.35. The first-order valence-electron chi connectivity index (χ1n) is 6.60. The van der Waals surface area contributed by atoms with E-state index in [0.29, 0.717) is 0 Å². The maximum atomic E-state index is 13.9. The number of aryl methyl sites for hydroxylation is 1. The molecule has 5 heteroatoms. The molecule has 2 aromatic carbocycles. The molecule has 2 aromatic rings. The van der Waals surface area contributed by atoms with Crippen molar-refractivity contribution >= 4 is 17.3 Å². The Morgan fingerprint density at radius 2 is 1.86 bits per heavy atom. The van der Waals surface area contributed by atoms with Crippen LogP contribution in [0.2, 0.25) is 0 Å². The predicted octanol–water partition coefficient (Wildman–Crippen LogP) is 2.99. The first kappa shape index (κ1) is 14.8. The number of hydrogen-bond donors (Lipinski definition) is 3. The minimum Gasteiger partial charge on any atom is -0.398 e. The summed E-state index contributed by atoms with van der Waals surface area (Å²) in [5.41, 5.74) is 13.3. The number of nitrogens with two attached hydrogens (primary N) is 2. The van der Waals surface area contributed by atoms with Gasteiger partial charge in [-0.15, -0.1) is 0 Å². The Morgan fingerprint density at radius 3 is 2.43 bits per heavy atom. The smallest absolute Gasteiger partial charge is 0.250 e. The normalized spacial score (nSPS) is 12.0. The number of nitrogens with one attached hydrogen (secondary N) is 1. The Bertz CT molecular complexity index is 668. The van der Waals surface area contributed by atoms with Crippen LogP contribution in [0.3, 0.4) is 0 Å². The van der Waals surface area contributed by atoms with Gasteiger partial charge in [0, 0.05) is 11.7 Å². The molecule has 0 aliphatic carbocycles. The second-order valence-corrected chi connectivity index (χ2v) is 5.06. The number of carbonyl (C=O) groups is 1. The fourth-order valence-corrected chi connectivity index (χ4v) is 2.08. The molecule has 21 heavy (non-hydrogen) atoms. The number of hydrogen-bond acceptors (Lipinski definition) is 3. The molecule has 4 nitrogen and oxygen atoms in total. The Morgan fingerprint density at radius 1 is 1.24 bits per heavy atom. The number of amides is 1. The number of benzene rings is 2. The minimum atomic E-state index is -0.682. The molecule has 0 aromatic heterocycles. The van der Waals surface area contributed by atoms with Crippen molar-refractivity contribution in [2.75, 3.05) is 11.1 Å². The highest BCUT2D eigenvalue weighted by Crippen LogP contribution is 2.26. The third-order valence-corrected chi connectivity index (χ3v) is 3.35. The highest BCUT2D eigenvalue weighted by atomic mass is 19.1. The van der Waals surface area contributed by atoms with E-state index in [1.807, 2.05) is 38.1 Å². The van der Waals surface area contributed by atoms with Crippen LogP contribution in [0, 0.1) is 12.7 Å². The van der Waals surface area contributed by atoms with Crippen LogP contribution in [-0.2, 0) is 0 Å². The topological polar surface area (TPSA) is 81.1 Å². The molecule has 2 rings (SSSR count).